The maximum absolute atomic E-state index is 6.75. The Hall–Kier alpha value is -0.860. The monoisotopic (exact) mass is 291 g/mol. The molecule has 0 bridgehead atoms. The molecule has 1 aromatic heterocycles. The third-order valence-electron chi connectivity index (χ3n) is 3.89. The molecule has 0 radical (unpaired) electrons. The zero-order chi connectivity index (χ0) is 13.2. The van der Waals surface area contributed by atoms with Gasteiger partial charge in [-0.15, -0.1) is 22.9 Å². The fourth-order valence-electron chi connectivity index (χ4n) is 2.91. The Kier molecular flexibility index (Phi) is 3.90. The first-order valence-electron chi connectivity index (χ1n) is 6.87. The van der Waals surface area contributed by atoms with Crippen molar-refractivity contribution in [1.82, 2.24) is 4.98 Å². The van der Waals surface area contributed by atoms with Crippen LogP contribution in [0.3, 0.4) is 0 Å². The number of fused-ring (bicyclic) bond motifs is 1. The van der Waals surface area contributed by atoms with Crippen molar-refractivity contribution >= 4 is 22.9 Å². The maximum atomic E-state index is 6.75. The van der Waals surface area contributed by atoms with Gasteiger partial charge in [-0.1, -0.05) is 24.3 Å². The van der Waals surface area contributed by atoms with Gasteiger partial charge in [0.1, 0.15) is 0 Å². The van der Waals surface area contributed by atoms with Crippen LogP contribution in [-0.2, 0) is 12.8 Å². The molecule has 1 aliphatic rings. The van der Waals surface area contributed by atoms with Crippen molar-refractivity contribution in [3.05, 3.63) is 51.5 Å². The quantitative estimate of drug-likeness (QED) is 0.565. The number of aromatic nitrogens is 1. The molecule has 0 aliphatic heterocycles. The Morgan fingerprint density at radius 2 is 2.21 bits per heavy atom. The average molecular weight is 292 g/mol. The molecule has 100 valence electrons. The zero-order valence-electron chi connectivity index (χ0n) is 11.1. The predicted molar refractivity (Wildman–Crippen MR) is 82.0 cm³/mol. The Bertz CT molecular complexity index is 563. The minimum Gasteiger partial charge on any atom is -0.247 e. The number of rotatable bonds is 2. The van der Waals surface area contributed by atoms with E-state index < -0.39 is 0 Å². The molecular formula is C16H18ClNS. The van der Waals surface area contributed by atoms with Gasteiger partial charge in [0.2, 0.25) is 0 Å². The summed E-state index contributed by atoms with van der Waals surface area (Å²) in [6, 6.07) is 8.64. The first-order chi connectivity index (χ1) is 9.24. The topological polar surface area (TPSA) is 12.9 Å². The Morgan fingerprint density at radius 3 is 3.00 bits per heavy atom. The molecule has 1 aliphatic carbocycles. The zero-order valence-corrected chi connectivity index (χ0v) is 12.7. The van der Waals surface area contributed by atoms with Gasteiger partial charge in [0.25, 0.3) is 0 Å². The predicted octanol–water partition coefficient (Wildman–Crippen LogP) is 4.93. The van der Waals surface area contributed by atoms with Crippen LogP contribution in [0.2, 0.25) is 0 Å². The van der Waals surface area contributed by atoms with Gasteiger partial charge in [-0.3, -0.25) is 0 Å². The summed E-state index contributed by atoms with van der Waals surface area (Å²) in [6.45, 7) is 2.06. The van der Waals surface area contributed by atoms with E-state index in [0.29, 0.717) is 5.92 Å². The van der Waals surface area contributed by atoms with Crippen LogP contribution in [0.15, 0.2) is 29.6 Å². The van der Waals surface area contributed by atoms with Gasteiger partial charge in [-0.25, -0.2) is 4.98 Å². The van der Waals surface area contributed by atoms with Gasteiger partial charge in [-0.2, -0.15) is 0 Å². The summed E-state index contributed by atoms with van der Waals surface area (Å²) >= 11 is 8.51. The number of aryl methyl sites for hydroxylation is 2. The fourth-order valence-corrected chi connectivity index (χ4v) is 4.21. The molecule has 3 rings (SSSR count). The Morgan fingerprint density at radius 1 is 1.37 bits per heavy atom. The van der Waals surface area contributed by atoms with E-state index in [1.807, 2.05) is 0 Å². The Labute approximate surface area is 123 Å². The van der Waals surface area contributed by atoms with Crippen molar-refractivity contribution < 1.29 is 0 Å². The van der Waals surface area contributed by atoms with E-state index in [-0.39, 0.29) is 5.38 Å². The minimum absolute atomic E-state index is 0.128. The first kappa shape index (κ1) is 13.1. The highest BCUT2D eigenvalue weighted by molar-refractivity contribution is 7.09. The highest BCUT2D eigenvalue weighted by Crippen LogP contribution is 2.39. The summed E-state index contributed by atoms with van der Waals surface area (Å²) in [5.74, 6) is 0.510. The van der Waals surface area contributed by atoms with Gasteiger partial charge in [0.15, 0.2) is 0 Å². The van der Waals surface area contributed by atoms with Crippen molar-refractivity contribution in [2.24, 2.45) is 5.92 Å². The molecule has 1 nitrogen and oxygen atoms in total. The summed E-state index contributed by atoms with van der Waals surface area (Å²) in [4.78, 5) is 4.59. The van der Waals surface area contributed by atoms with Crippen molar-refractivity contribution in [2.45, 2.75) is 38.0 Å². The van der Waals surface area contributed by atoms with Gasteiger partial charge in [-0.05, 0) is 43.2 Å². The first-order valence-corrected chi connectivity index (χ1v) is 8.18. The molecule has 2 unspecified atom stereocenters. The van der Waals surface area contributed by atoms with Crippen LogP contribution in [0.4, 0.5) is 0 Å². The molecule has 2 atom stereocenters. The molecule has 1 heterocycles. The highest BCUT2D eigenvalue weighted by Gasteiger charge is 2.26. The molecule has 1 aromatic carbocycles. The van der Waals surface area contributed by atoms with Crippen molar-refractivity contribution in [3.8, 4) is 0 Å². The van der Waals surface area contributed by atoms with Crippen molar-refractivity contribution in [3.63, 3.8) is 0 Å². The van der Waals surface area contributed by atoms with Crippen LogP contribution in [0.25, 0.3) is 0 Å². The molecule has 0 N–H and O–H groups in total. The molecule has 3 heteroatoms. The lowest BCUT2D eigenvalue weighted by Gasteiger charge is -2.20. The van der Waals surface area contributed by atoms with E-state index in [1.54, 1.807) is 11.3 Å². The lowest BCUT2D eigenvalue weighted by atomic mass is 9.93. The van der Waals surface area contributed by atoms with Crippen LogP contribution in [-0.4, -0.2) is 4.98 Å². The normalized spacial score (nSPS) is 22.8. The maximum Gasteiger partial charge on any atom is 0.0931 e. The molecule has 0 amide bonds. The second kappa shape index (κ2) is 5.64. The number of halogens is 1. The SMILES string of the molecule is Cc1csc(CC2CCCc3ccccc3C2Cl)n1. The number of hydrogen-bond acceptors (Lipinski definition) is 2. The van der Waals surface area contributed by atoms with Crippen molar-refractivity contribution in [1.29, 1.82) is 0 Å². The molecular weight excluding hydrogens is 274 g/mol. The second-order valence-corrected chi connectivity index (χ2v) is 6.75. The van der Waals surface area contributed by atoms with E-state index in [0.717, 1.165) is 18.5 Å². The number of hydrogen-bond donors (Lipinski definition) is 0. The van der Waals surface area contributed by atoms with E-state index in [1.165, 1.54) is 29.0 Å². The van der Waals surface area contributed by atoms with Gasteiger partial charge >= 0.3 is 0 Å². The van der Waals surface area contributed by atoms with Crippen LogP contribution < -0.4 is 0 Å². The molecule has 0 fully saturated rings. The van der Waals surface area contributed by atoms with E-state index >= 15 is 0 Å². The van der Waals surface area contributed by atoms with E-state index in [2.05, 4.69) is 41.6 Å². The largest absolute Gasteiger partial charge is 0.247 e. The standard InChI is InChI=1S/C16H18ClNS/c1-11-10-19-15(18-11)9-13-7-4-6-12-5-2-3-8-14(12)16(13)17/h2-3,5,8,10,13,16H,4,6-7,9H2,1H3. The number of alkyl halides is 1. The lowest BCUT2D eigenvalue weighted by molar-refractivity contribution is 0.464. The van der Waals surface area contributed by atoms with Crippen LogP contribution in [0.5, 0.6) is 0 Å². The van der Waals surface area contributed by atoms with Gasteiger partial charge in [0, 0.05) is 17.5 Å². The average Bonchev–Trinajstić information content (AvgIpc) is 2.75. The molecule has 0 saturated heterocycles. The molecule has 19 heavy (non-hydrogen) atoms. The van der Waals surface area contributed by atoms with E-state index in [9.17, 15) is 0 Å². The molecule has 0 saturated carbocycles. The summed E-state index contributed by atoms with van der Waals surface area (Å²) in [7, 11) is 0. The third-order valence-corrected chi connectivity index (χ3v) is 5.47. The smallest absolute Gasteiger partial charge is 0.0931 e. The summed E-state index contributed by atoms with van der Waals surface area (Å²) < 4.78 is 0. The summed E-state index contributed by atoms with van der Waals surface area (Å²) in [6.07, 6.45) is 4.60. The van der Waals surface area contributed by atoms with Crippen LogP contribution in [0.1, 0.15) is 40.0 Å². The highest BCUT2D eigenvalue weighted by atomic mass is 35.5. The second-order valence-electron chi connectivity index (χ2n) is 5.34. The Balaban J connectivity index is 1.83. The number of nitrogens with zero attached hydrogens (tertiary/aromatic N) is 1. The number of thiazole rings is 1. The van der Waals surface area contributed by atoms with E-state index in [4.69, 9.17) is 11.6 Å². The van der Waals surface area contributed by atoms with Gasteiger partial charge in [0.05, 0.1) is 10.4 Å². The molecule has 2 aromatic rings. The minimum atomic E-state index is 0.128. The third kappa shape index (κ3) is 2.85. The summed E-state index contributed by atoms with van der Waals surface area (Å²) in [5.41, 5.74) is 3.89. The van der Waals surface area contributed by atoms with Crippen LogP contribution in [0, 0.1) is 12.8 Å². The summed E-state index contributed by atoms with van der Waals surface area (Å²) in [5, 5.41) is 3.49. The fraction of sp³-hybridized carbons (Fsp3) is 0.438. The lowest BCUT2D eigenvalue weighted by Crippen LogP contribution is -2.10. The molecule has 0 spiro atoms. The van der Waals surface area contributed by atoms with Crippen LogP contribution >= 0.6 is 22.9 Å². The van der Waals surface area contributed by atoms with Crippen molar-refractivity contribution in [2.75, 3.05) is 0 Å². The number of benzene rings is 1. The van der Waals surface area contributed by atoms with Gasteiger partial charge < -0.3 is 0 Å².